The van der Waals surface area contributed by atoms with Gasteiger partial charge in [-0.25, -0.2) is 13.8 Å². The van der Waals surface area contributed by atoms with E-state index in [0.29, 0.717) is 23.4 Å². The molecule has 0 spiro atoms. The van der Waals surface area contributed by atoms with Crippen molar-refractivity contribution in [1.29, 1.82) is 0 Å². The zero-order valence-electron chi connectivity index (χ0n) is 13.6. The van der Waals surface area contributed by atoms with Crippen LogP contribution in [-0.2, 0) is 4.79 Å². The minimum absolute atomic E-state index is 0.153. The number of primary amides is 1. The molecule has 0 aliphatic heterocycles. The second-order valence-electron chi connectivity index (χ2n) is 6.13. The Balaban J connectivity index is 1.87. The van der Waals surface area contributed by atoms with Crippen molar-refractivity contribution in [2.45, 2.75) is 31.2 Å². The van der Waals surface area contributed by atoms with E-state index < -0.39 is 29.0 Å². The molecule has 0 atom stereocenters. The molecule has 1 aromatic carbocycles. The molecule has 1 aliphatic carbocycles. The molecular weight excluding hydrogens is 348 g/mol. The van der Waals surface area contributed by atoms with E-state index in [9.17, 15) is 18.4 Å². The van der Waals surface area contributed by atoms with Crippen molar-refractivity contribution in [3.8, 4) is 10.6 Å². The SMILES string of the molecule is CN(C(=O)c1csc(-c2ccc(F)c(F)c2)n1)C1(C(N)=O)CCCC1. The molecule has 0 bridgehead atoms. The monoisotopic (exact) mass is 365 g/mol. The van der Waals surface area contributed by atoms with Crippen LogP contribution in [0.5, 0.6) is 0 Å². The Hall–Kier alpha value is -2.35. The Bertz CT molecular complexity index is 831. The van der Waals surface area contributed by atoms with Gasteiger partial charge in [0, 0.05) is 18.0 Å². The van der Waals surface area contributed by atoms with Gasteiger partial charge in [-0.05, 0) is 31.0 Å². The smallest absolute Gasteiger partial charge is 0.273 e. The average molecular weight is 365 g/mol. The number of amides is 2. The van der Waals surface area contributed by atoms with Gasteiger partial charge in [-0.1, -0.05) is 12.8 Å². The highest BCUT2D eigenvalue weighted by Crippen LogP contribution is 2.35. The van der Waals surface area contributed by atoms with Crippen LogP contribution in [0.1, 0.15) is 36.2 Å². The fourth-order valence-electron chi connectivity index (χ4n) is 3.21. The first-order chi connectivity index (χ1) is 11.8. The molecule has 5 nitrogen and oxygen atoms in total. The van der Waals surface area contributed by atoms with E-state index >= 15 is 0 Å². The standard InChI is InChI=1S/C17H17F2N3O2S/c1-22(17(16(20)24)6-2-3-7-17)15(23)13-9-25-14(21-13)10-4-5-11(18)12(19)8-10/h4-5,8-9H,2-3,6-7H2,1H3,(H2,20,24). The van der Waals surface area contributed by atoms with E-state index in [-0.39, 0.29) is 5.69 Å². The first kappa shape index (κ1) is 17.5. The Kier molecular flexibility index (Phi) is 4.55. The van der Waals surface area contributed by atoms with E-state index in [4.69, 9.17) is 5.73 Å². The highest BCUT2D eigenvalue weighted by atomic mass is 32.1. The second-order valence-corrected chi connectivity index (χ2v) is 6.99. The molecule has 132 valence electrons. The Labute approximate surface area is 147 Å². The number of likely N-dealkylation sites (N-methyl/N-ethyl adjacent to an activating group) is 1. The van der Waals surface area contributed by atoms with E-state index in [1.165, 1.54) is 11.0 Å². The second kappa shape index (κ2) is 6.51. The zero-order valence-corrected chi connectivity index (χ0v) is 14.4. The number of benzene rings is 1. The molecule has 0 radical (unpaired) electrons. The molecule has 1 aliphatic rings. The van der Waals surface area contributed by atoms with Crippen molar-refractivity contribution >= 4 is 23.2 Å². The van der Waals surface area contributed by atoms with Crippen molar-refractivity contribution in [2.24, 2.45) is 5.73 Å². The molecule has 1 fully saturated rings. The number of nitrogens with two attached hydrogens (primary N) is 1. The number of carbonyl (C=O) groups excluding carboxylic acids is 2. The van der Waals surface area contributed by atoms with Crippen LogP contribution in [0.4, 0.5) is 8.78 Å². The summed E-state index contributed by atoms with van der Waals surface area (Å²) in [6.45, 7) is 0. The summed E-state index contributed by atoms with van der Waals surface area (Å²) in [7, 11) is 1.55. The summed E-state index contributed by atoms with van der Waals surface area (Å²) in [4.78, 5) is 30.3. The minimum Gasteiger partial charge on any atom is -0.368 e. The van der Waals surface area contributed by atoms with Gasteiger partial charge < -0.3 is 10.6 Å². The van der Waals surface area contributed by atoms with Crippen molar-refractivity contribution in [3.63, 3.8) is 0 Å². The van der Waals surface area contributed by atoms with Crippen LogP contribution in [-0.4, -0.2) is 34.3 Å². The van der Waals surface area contributed by atoms with Crippen LogP contribution in [0.25, 0.3) is 10.6 Å². The summed E-state index contributed by atoms with van der Waals surface area (Å²) in [5.74, 6) is -2.85. The van der Waals surface area contributed by atoms with Gasteiger partial charge in [0.2, 0.25) is 5.91 Å². The van der Waals surface area contributed by atoms with E-state index in [1.54, 1.807) is 12.4 Å². The van der Waals surface area contributed by atoms with Crippen molar-refractivity contribution < 1.29 is 18.4 Å². The Morgan fingerprint density at radius 3 is 2.52 bits per heavy atom. The molecule has 2 N–H and O–H groups in total. The number of nitrogens with zero attached hydrogens (tertiary/aromatic N) is 2. The summed E-state index contributed by atoms with van der Waals surface area (Å²) < 4.78 is 26.4. The summed E-state index contributed by atoms with van der Waals surface area (Å²) in [5.41, 5.74) is 5.10. The molecule has 1 aromatic heterocycles. The summed E-state index contributed by atoms with van der Waals surface area (Å²) in [6.07, 6.45) is 2.73. The number of hydrogen-bond acceptors (Lipinski definition) is 4. The number of rotatable bonds is 4. The summed E-state index contributed by atoms with van der Waals surface area (Å²) in [5, 5.41) is 1.94. The summed E-state index contributed by atoms with van der Waals surface area (Å²) in [6, 6.07) is 3.45. The van der Waals surface area contributed by atoms with Crippen molar-refractivity contribution in [1.82, 2.24) is 9.88 Å². The first-order valence-corrected chi connectivity index (χ1v) is 8.72. The molecule has 0 saturated heterocycles. The maximum atomic E-state index is 13.4. The van der Waals surface area contributed by atoms with Gasteiger partial charge >= 0.3 is 0 Å². The predicted octanol–water partition coefficient (Wildman–Crippen LogP) is 2.96. The molecule has 2 amide bonds. The Morgan fingerprint density at radius 1 is 1.24 bits per heavy atom. The number of hydrogen-bond donors (Lipinski definition) is 1. The van der Waals surface area contributed by atoms with Gasteiger partial charge in [0.25, 0.3) is 5.91 Å². The largest absolute Gasteiger partial charge is 0.368 e. The zero-order chi connectivity index (χ0) is 18.2. The van der Waals surface area contributed by atoms with Crippen LogP contribution < -0.4 is 5.73 Å². The molecule has 3 rings (SSSR count). The lowest BCUT2D eigenvalue weighted by Gasteiger charge is -2.35. The maximum absolute atomic E-state index is 13.4. The Morgan fingerprint density at radius 2 is 1.92 bits per heavy atom. The number of halogens is 2. The van der Waals surface area contributed by atoms with Gasteiger partial charge in [-0.2, -0.15) is 0 Å². The molecule has 25 heavy (non-hydrogen) atoms. The van der Waals surface area contributed by atoms with Crippen LogP contribution in [0, 0.1) is 11.6 Å². The first-order valence-electron chi connectivity index (χ1n) is 7.84. The topological polar surface area (TPSA) is 76.3 Å². The van der Waals surface area contributed by atoms with Crippen LogP contribution in [0.15, 0.2) is 23.6 Å². The number of aromatic nitrogens is 1. The molecular formula is C17H17F2N3O2S. The fraction of sp³-hybridized carbons (Fsp3) is 0.353. The van der Waals surface area contributed by atoms with Gasteiger partial charge in [-0.3, -0.25) is 9.59 Å². The van der Waals surface area contributed by atoms with E-state index in [2.05, 4.69) is 4.98 Å². The molecule has 1 saturated carbocycles. The lowest BCUT2D eigenvalue weighted by molar-refractivity contribution is -0.127. The number of carbonyl (C=O) groups is 2. The van der Waals surface area contributed by atoms with Gasteiger partial charge in [0.15, 0.2) is 11.6 Å². The van der Waals surface area contributed by atoms with E-state index in [0.717, 1.165) is 36.3 Å². The average Bonchev–Trinajstić information content (AvgIpc) is 3.26. The van der Waals surface area contributed by atoms with Crippen molar-refractivity contribution in [3.05, 3.63) is 40.9 Å². The van der Waals surface area contributed by atoms with Crippen molar-refractivity contribution in [2.75, 3.05) is 7.05 Å². The predicted molar refractivity (Wildman–Crippen MR) is 90.0 cm³/mol. The quantitative estimate of drug-likeness (QED) is 0.905. The van der Waals surface area contributed by atoms with Gasteiger partial charge in [0.05, 0.1) is 0 Å². The summed E-state index contributed by atoms with van der Waals surface area (Å²) >= 11 is 1.15. The third-order valence-corrected chi connectivity index (χ3v) is 5.62. The van der Waals surface area contributed by atoms with Crippen LogP contribution >= 0.6 is 11.3 Å². The lowest BCUT2D eigenvalue weighted by Crippen LogP contribution is -2.56. The van der Waals surface area contributed by atoms with Gasteiger partial charge in [-0.15, -0.1) is 11.3 Å². The maximum Gasteiger partial charge on any atom is 0.273 e. The molecule has 8 heteroatoms. The van der Waals surface area contributed by atoms with E-state index in [1.807, 2.05) is 0 Å². The van der Waals surface area contributed by atoms with Crippen LogP contribution in [0.2, 0.25) is 0 Å². The highest BCUT2D eigenvalue weighted by molar-refractivity contribution is 7.13. The molecule has 1 heterocycles. The lowest BCUT2D eigenvalue weighted by atomic mass is 9.94. The molecule has 2 aromatic rings. The fourth-order valence-corrected chi connectivity index (χ4v) is 4.00. The third-order valence-electron chi connectivity index (χ3n) is 4.73. The van der Waals surface area contributed by atoms with Gasteiger partial charge in [0.1, 0.15) is 16.2 Å². The highest BCUT2D eigenvalue weighted by Gasteiger charge is 2.45. The normalized spacial score (nSPS) is 16.0. The van der Waals surface area contributed by atoms with Crippen LogP contribution in [0.3, 0.4) is 0 Å². The number of thiazole rings is 1. The molecule has 0 unspecified atom stereocenters. The minimum atomic E-state index is -0.983. The third kappa shape index (κ3) is 3.02.